The summed E-state index contributed by atoms with van der Waals surface area (Å²) < 4.78 is 24.3. The van der Waals surface area contributed by atoms with Crippen LogP contribution in [0, 0.1) is 5.82 Å². The van der Waals surface area contributed by atoms with E-state index >= 15 is 0 Å². The minimum Gasteiger partial charge on any atom is -0.480 e. The molecule has 1 heterocycles. The maximum Gasteiger partial charge on any atom is 0.317 e. The third-order valence-electron chi connectivity index (χ3n) is 3.92. The van der Waals surface area contributed by atoms with E-state index in [1.54, 1.807) is 23.8 Å². The number of carbonyl (C=O) groups excluding carboxylic acids is 1. The van der Waals surface area contributed by atoms with E-state index in [-0.39, 0.29) is 29.3 Å². The zero-order valence-corrected chi connectivity index (χ0v) is 15.4. The lowest BCUT2D eigenvalue weighted by Crippen LogP contribution is -2.52. The lowest BCUT2D eigenvalue weighted by Gasteiger charge is -2.35. The van der Waals surface area contributed by atoms with Crippen LogP contribution in [0.4, 0.5) is 4.39 Å². The van der Waals surface area contributed by atoms with Crippen LogP contribution in [0.5, 0.6) is 5.75 Å². The summed E-state index contributed by atoms with van der Waals surface area (Å²) in [6, 6.07) is 3.71. The van der Waals surface area contributed by atoms with Crippen molar-refractivity contribution in [2.45, 2.75) is 19.1 Å². The first kappa shape index (κ1) is 20.4. The Kier molecular flexibility index (Phi) is 7.19. The van der Waals surface area contributed by atoms with E-state index in [1.807, 2.05) is 0 Å². The van der Waals surface area contributed by atoms with Crippen molar-refractivity contribution < 1.29 is 28.6 Å². The Morgan fingerprint density at radius 1 is 1.54 bits per heavy atom. The molecule has 0 bridgehead atoms. The standard InChI is InChI=1S/C17H22ClFN2O5/c1-11(26-15-4-3-12(19)7-14(15)18)17(24)21-5-6-25-13(9-21)8-20(2)10-16(22)23/h3-4,7,11,13H,5-6,8-10H2,1-2H3,(H,22,23). The molecule has 0 aliphatic carbocycles. The molecule has 0 saturated carbocycles. The van der Waals surface area contributed by atoms with Crippen LogP contribution in [0.15, 0.2) is 18.2 Å². The van der Waals surface area contributed by atoms with Gasteiger partial charge in [0.1, 0.15) is 11.6 Å². The second-order valence-corrected chi connectivity index (χ2v) is 6.61. The molecule has 1 amide bonds. The lowest BCUT2D eigenvalue weighted by molar-refractivity contribution is -0.147. The third-order valence-corrected chi connectivity index (χ3v) is 4.21. The Labute approximate surface area is 156 Å². The first-order valence-electron chi connectivity index (χ1n) is 8.18. The van der Waals surface area contributed by atoms with Crippen molar-refractivity contribution in [3.8, 4) is 5.75 Å². The Morgan fingerprint density at radius 3 is 2.92 bits per heavy atom. The van der Waals surface area contributed by atoms with Crippen LogP contribution in [0.1, 0.15) is 6.92 Å². The first-order valence-corrected chi connectivity index (χ1v) is 8.56. The Balaban J connectivity index is 1.92. The molecule has 1 saturated heterocycles. The predicted octanol–water partition coefficient (Wildman–Crippen LogP) is 1.49. The summed E-state index contributed by atoms with van der Waals surface area (Å²) in [5.41, 5.74) is 0. The third kappa shape index (κ3) is 5.82. The molecule has 1 aliphatic heterocycles. The van der Waals surface area contributed by atoms with Gasteiger partial charge in [-0.25, -0.2) is 4.39 Å². The number of rotatable bonds is 7. The number of morpholine rings is 1. The largest absolute Gasteiger partial charge is 0.480 e. The SMILES string of the molecule is CC(Oc1ccc(F)cc1Cl)C(=O)N1CCOC(CN(C)CC(=O)O)C1. The summed E-state index contributed by atoms with van der Waals surface area (Å²) in [7, 11) is 1.68. The minimum atomic E-state index is -0.922. The molecular formula is C17H22ClFN2O5. The lowest BCUT2D eigenvalue weighted by atomic mass is 10.2. The molecule has 144 valence electrons. The fraction of sp³-hybridized carbons (Fsp3) is 0.529. The van der Waals surface area contributed by atoms with Gasteiger partial charge in [-0.15, -0.1) is 0 Å². The van der Waals surface area contributed by atoms with Gasteiger partial charge in [0.05, 0.1) is 24.3 Å². The van der Waals surface area contributed by atoms with Crippen LogP contribution in [-0.2, 0) is 14.3 Å². The summed E-state index contributed by atoms with van der Waals surface area (Å²) in [5, 5.41) is 8.91. The summed E-state index contributed by atoms with van der Waals surface area (Å²) in [6.07, 6.45) is -1.08. The molecule has 0 aromatic heterocycles. The van der Waals surface area contributed by atoms with Gasteiger partial charge in [0.25, 0.3) is 5.91 Å². The molecule has 2 atom stereocenters. The molecule has 1 aromatic rings. The highest BCUT2D eigenvalue weighted by Gasteiger charge is 2.29. The second kappa shape index (κ2) is 9.16. The number of ether oxygens (including phenoxy) is 2. The zero-order valence-electron chi connectivity index (χ0n) is 14.7. The van der Waals surface area contributed by atoms with E-state index in [4.69, 9.17) is 26.2 Å². The van der Waals surface area contributed by atoms with E-state index in [1.165, 1.54) is 12.1 Å². The average molecular weight is 389 g/mol. The van der Waals surface area contributed by atoms with Gasteiger partial charge in [-0.05, 0) is 32.2 Å². The number of carboxylic acids is 1. The van der Waals surface area contributed by atoms with E-state index in [0.717, 1.165) is 6.07 Å². The number of carbonyl (C=O) groups is 2. The topological polar surface area (TPSA) is 79.3 Å². The number of nitrogens with zero attached hydrogens (tertiary/aromatic N) is 2. The Bertz CT molecular complexity index is 660. The van der Waals surface area contributed by atoms with Crippen LogP contribution in [0.25, 0.3) is 0 Å². The van der Waals surface area contributed by atoms with Crippen molar-refractivity contribution in [2.24, 2.45) is 0 Å². The number of halogens is 2. The average Bonchev–Trinajstić information content (AvgIpc) is 2.56. The van der Waals surface area contributed by atoms with Crippen LogP contribution in [0.3, 0.4) is 0 Å². The molecule has 9 heteroatoms. The monoisotopic (exact) mass is 388 g/mol. The molecule has 7 nitrogen and oxygen atoms in total. The van der Waals surface area contributed by atoms with Gasteiger partial charge >= 0.3 is 5.97 Å². The molecule has 26 heavy (non-hydrogen) atoms. The fourth-order valence-corrected chi connectivity index (χ4v) is 2.95. The quantitative estimate of drug-likeness (QED) is 0.762. The summed E-state index contributed by atoms with van der Waals surface area (Å²) in [6.45, 7) is 3.02. The van der Waals surface area contributed by atoms with Crippen molar-refractivity contribution >= 4 is 23.5 Å². The highest BCUT2D eigenvalue weighted by molar-refractivity contribution is 6.32. The summed E-state index contributed by atoms with van der Waals surface area (Å²) >= 11 is 5.92. The van der Waals surface area contributed by atoms with Crippen LogP contribution in [-0.4, -0.2) is 78.8 Å². The van der Waals surface area contributed by atoms with Gasteiger partial charge in [-0.3, -0.25) is 14.5 Å². The van der Waals surface area contributed by atoms with Gasteiger partial charge < -0.3 is 19.5 Å². The molecule has 1 fully saturated rings. The van der Waals surface area contributed by atoms with Crippen molar-refractivity contribution in [1.29, 1.82) is 0 Å². The first-order chi connectivity index (χ1) is 12.3. The normalized spacial score (nSPS) is 18.7. The molecule has 2 unspecified atom stereocenters. The number of aliphatic carboxylic acids is 1. The number of hydrogen-bond acceptors (Lipinski definition) is 5. The van der Waals surface area contributed by atoms with E-state index in [2.05, 4.69) is 0 Å². The Hall–Kier alpha value is -1.90. The number of likely N-dealkylation sites (N-methyl/N-ethyl adjacent to an activating group) is 1. The molecule has 1 N–H and O–H groups in total. The molecule has 2 rings (SSSR count). The highest BCUT2D eigenvalue weighted by atomic mass is 35.5. The number of carboxylic acid groups (broad SMARTS) is 1. The molecule has 1 aliphatic rings. The number of amides is 1. The summed E-state index contributed by atoms with van der Waals surface area (Å²) in [4.78, 5) is 26.6. The minimum absolute atomic E-state index is 0.0970. The van der Waals surface area contributed by atoms with E-state index in [9.17, 15) is 14.0 Å². The smallest absolute Gasteiger partial charge is 0.317 e. The van der Waals surface area contributed by atoms with Crippen molar-refractivity contribution in [1.82, 2.24) is 9.80 Å². The maximum absolute atomic E-state index is 13.1. The summed E-state index contributed by atoms with van der Waals surface area (Å²) in [5.74, 6) is -1.41. The van der Waals surface area contributed by atoms with Gasteiger partial charge in [0.15, 0.2) is 6.10 Å². The molecular weight excluding hydrogens is 367 g/mol. The van der Waals surface area contributed by atoms with Crippen molar-refractivity contribution in [3.63, 3.8) is 0 Å². The zero-order chi connectivity index (χ0) is 19.3. The molecule has 1 aromatic carbocycles. The van der Waals surface area contributed by atoms with E-state index < -0.39 is 17.9 Å². The van der Waals surface area contributed by atoms with Gasteiger partial charge in [0.2, 0.25) is 0 Å². The van der Waals surface area contributed by atoms with Crippen molar-refractivity contribution in [3.05, 3.63) is 29.0 Å². The Morgan fingerprint density at radius 2 is 2.27 bits per heavy atom. The van der Waals surface area contributed by atoms with Crippen molar-refractivity contribution in [2.75, 3.05) is 39.8 Å². The number of hydrogen-bond donors (Lipinski definition) is 1. The predicted molar refractivity (Wildman–Crippen MR) is 93.0 cm³/mol. The molecule has 0 radical (unpaired) electrons. The van der Waals surface area contributed by atoms with Gasteiger partial charge in [0, 0.05) is 19.6 Å². The number of benzene rings is 1. The van der Waals surface area contributed by atoms with Crippen LogP contribution in [0.2, 0.25) is 5.02 Å². The van der Waals surface area contributed by atoms with Crippen LogP contribution >= 0.6 is 11.6 Å². The fourth-order valence-electron chi connectivity index (χ4n) is 2.74. The van der Waals surface area contributed by atoms with Gasteiger partial charge in [-0.1, -0.05) is 11.6 Å². The van der Waals surface area contributed by atoms with Gasteiger partial charge in [-0.2, -0.15) is 0 Å². The van der Waals surface area contributed by atoms with E-state index in [0.29, 0.717) is 26.2 Å². The highest BCUT2D eigenvalue weighted by Crippen LogP contribution is 2.26. The maximum atomic E-state index is 13.1. The van der Waals surface area contributed by atoms with Crippen LogP contribution < -0.4 is 4.74 Å². The second-order valence-electron chi connectivity index (χ2n) is 6.20. The molecule has 0 spiro atoms.